The minimum atomic E-state index is -4.06. The first-order valence-corrected chi connectivity index (χ1v) is 8.49. The van der Waals surface area contributed by atoms with Gasteiger partial charge in [0.2, 0.25) is 9.84 Å². The van der Waals surface area contributed by atoms with Crippen LogP contribution in [0.1, 0.15) is 0 Å². The fourth-order valence-electron chi connectivity index (χ4n) is 2.21. The summed E-state index contributed by atoms with van der Waals surface area (Å²) in [6.07, 6.45) is 1.18. The minimum Gasteiger partial charge on any atom is -0.314 e. The monoisotopic (exact) mass is 368 g/mol. The van der Waals surface area contributed by atoms with Gasteiger partial charge in [-0.2, -0.15) is 5.26 Å². The fourth-order valence-corrected chi connectivity index (χ4v) is 3.82. The first-order valence-electron chi connectivity index (χ1n) is 6.25. The Morgan fingerprint density at radius 2 is 1.83 bits per heavy atom. The second-order valence-corrected chi connectivity index (χ2v) is 7.39. The van der Waals surface area contributed by atoms with Crippen molar-refractivity contribution in [3.05, 3.63) is 63.4 Å². The molecule has 23 heavy (non-hydrogen) atoms. The molecule has 4 nitrogen and oxygen atoms in total. The molecule has 0 radical (unpaired) electrons. The maximum Gasteiger partial charge on any atom is 0.220 e. The number of halogens is 3. The second kappa shape index (κ2) is 5.53. The quantitative estimate of drug-likeness (QED) is 0.747. The number of benzene rings is 2. The van der Waals surface area contributed by atoms with Crippen LogP contribution < -0.4 is 4.90 Å². The number of nitrogens with zero attached hydrogens (tertiary/aromatic N) is 2. The Labute approximate surface area is 141 Å². The number of fused-ring (bicyclic) bond motifs is 1. The van der Waals surface area contributed by atoms with E-state index in [0.717, 1.165) is 12.1 Å². The summed E-state index contributed by atoms with van der Waals surface area (Å²) in [5, 5.41) is 9.73. The third kappa shape index (κ3) is 2.57. The lowest BCUT2D eigenvalue weighted by Gasteiger charge is -2.27. The van der Waals surface area contributed by atoms with Gasteiger partial charge in [0.15, 0.2) is 4.91 Å². The van der Waals surface area contributed by atoms with Gasteiger partial charge in [-0.05, 0) is 36.4 Å². The number of anilines is 2. The summed E-state index contributed by atoms with van der Waals surface area (Å²) in [7, 11) is -4.06. The maximum atomic E-state index is 13.5. The van der Waals surface area contributed by atoms with E-state index >= 15 is 0 Å². The van der Waals surface area contributed by atoms with Gasteiger partial charge in [0.25, 0.3) is 0 Å². The van der Waals surface area contributed by atoms with Gasteiger partial charge in [-0.1, -0.05) is 23.2 Å². The van der Waals surface area contributed by atoms with Gasteiger partial charge < -0.3 is 4.90 Å². The highest BCUT2D eigenvalue weighted by molar-refractivity contribution is 7.95. The van der Waals surface area contributed by atoms with Crippen LogP contribution in [-0.4, -0.2) is 8.42 Å². The topological polar surface area (TPSA) is 61.2 Å². The zero-order valence-electron chi connectivity index (χ0n) is 11.3. The van der Waals surface area contributed by atoms with Crippen molar-refractivity contribution in [3.8, 4) is 6.07 Å². The van der Waals surface area contributed by atoms with Gasteiger partial charge in [0.1, 0.15) is 11.9 Å². The molecular weight excluding hydrogens is 362 g/mol. The SMILES string of the molecule is N#CC1=CN(c2ccc(Cl)c(Cl)c2)c2ccc(F)cc2S1(=O)=O. The number of rotatable bonds is 1. The molecule has 1 aliphatic rings. The largest absolute Gasteiger partial charge is 0.314 e. The molecule has 3 rings (SSSR count). The predicted molar refractivity (Wildman–Crippen MR) is 85.9 cm³/mol. The molecule has 0 N–H and O–H groups in total. The van der Waals surface area contributed by atoms with Crippen molar-refractivity contribution in [2.75, 3.05) is 4.90 Å². The molecule has 0 saturated heterocycles. The first kappa shape index (κ1) is 15.8. The highest BCUT2D eigenvalue weighted by Gasteiger charge is 2.32. The number of hydrogen-bond acceptors (Lipinski definition) is 4. The molecule has 1 heterocycles. The highest BCUT2D eigenvalue weighted by Crippen LogP contribution is 2.40. The minimum absolute atomic E-state index is 0.226. The van der Waals surface area contributed by atoms with Crippen LogP contribution in [0.4, 0.5) is 15.8 Å². The van der Waals surface area contributed by atoms with Crippen molar-refractivity contribution in [1.29, 1.82) is 5.26 Å². The van der Waals surface area contributed by atoms with Crippen molar-refractivity contribution in [2.24, 2.45) is 0 Å². The van der Waals surface area contributed by atoms with Crippen molar-refractivity contribution in [2.45, 2.75) is 4.90 Å². The molecule has 1 aliphatic heterocycles. The highest BCUT2D eigenvalue weighted by atomic mass is 35.5. The molecule has 0 spiro atoms. The van der Waals surface area contributed by atoms with Crippen LogP contribution in [0.25, 0.3) is 0 Å². The zero-order chi connectivity index (χ0) is 16.8. The maximum absolute atomic E-state index is 13.5. The number of allylic oxidation sites excluding steroid dienone is 1. The Kier molecular flexibility index (Phi) is 3.80. The lowest BCUT2D eigenvalue weighted by Crippen LogP contribution is -2.21. The van der Waals surface area contributed by atoms with Crippen molar-refractivity contribution in [1.82, 2.24) is 0 Å². The summed E-state index contributed by atoms with van der Waals surface area (Å²) >= 11 is 11.9. The molecule has 2 aromatic rings. The van der Waals surface area contributed by atoms with Crippen LogP contribution >= 0.6 is 23.2 Å². The smallest absolute Gasteiger partial charge is 0.220 e. The van der Waals surface area contributed by atoms with Gasteiger partial charge in [0.05, 0.1) is 20.6 Å². The normalized spacial score (nSPS) is 15.6. The first-order chi connectivity index (χ1) is 10.8. The lowest BCUT2D eigenvalue weighted by molar-refractivity contribution is 0.596. The van der Waals surface area contributed by atoms with E-state index in [9.17, 15) is 12.8 Å². The molecule has 0 bridgehead atoms. The van der Waals surface area contributed by atoms with Crippen LogP contribution in [0, 0.1) is 17.1 Å². The third-order valence-corrected chi connectivity index (χ3v) is 5.72. The summed E-state index contributed by atoms with van der Waals surface area (Å²) in [6.45, 7) is 0. The van der Waals surface area contributed by atoms with Gasteiger partial charge in [0, 0.05) is 11.9 Å². The summed E-state index contributed by atoms with van der Waals surface area (Å²) in [4.78, 5) is 0.695. The Hall–Kier alpha value is -2.07. The molecule has 0 unspecified atom stereocenters. The molecule has 8 heteroatoms. The molecular formula is C15H7Cl2FN2O2S. The van der Waals surface area contributed by atoms with E-state index in [0.29, 0.717) is 10.7 Å². The average Bonchev–Trinajstić information content (AvgIpc) is 2.51. The van der Waals surface area contributed by atoms with Gasteiger partial charge >= 0.3 is 0 Å². The van der Waals surface area contributed by atoms with Crippen molar-refractivity contribution < 1.29 is 12.8 Å². The lowest BCUT2D eigenvalue weighted by atomic mass is 10.2. The van der Waals surface area contributed by atoms with E-state index in [4.69, 9.17) is 28.5 Å². The van der Waals surface area contributed by atoms with E-state index < -0.39 is 20.6 Å². The third-order valence-electron chi connectivity index (χ3n) is 3.30. The average molecular weight is 369 g/mol. The van der Waals surface area contributed by atoms with Crippen LogP contribution in [-0.2, 0) is 9.84 Å². The summed E-state index contributed by atoms with van der Waals surface area (Å²) in [5.74, 6) is -0.708. The van der Waals surface area contributed by atoms with E-state index in [-0.39, 0.29) is 15.6 Å². The molecule has 0 fully saturated rings. The fraction of sp³-hybridized carbons (Fsp3) is 0. The molecule has 2 aromatic carbocycles. The Morgan fingerprint density at radius 1 is 1.09 bits per heavy atom. The number of nitriles is 1. The van der Waals surface area contributed by atoms with E-state index in [1.807, 2.05) is 0 Å². The standard InChI is InChI=1S/C15H7Cl2FN2O2S/c16-12-3-2-10(6-13(12)17)20-8-11(7-19)23(21,22)15-5-9(18)1-4-14(15)20/h1-6,8H. The molecule has 0 aromatic heterocycles. The van der Waals surface area contributed by atoms with E-state index in [1.165, 1.54) is 23.2 Å². The van der Waals surface area contributed by atoms with Gasteiger partial charge in [-0.3, -0.25) is 0 Å². The summed E-state index contributed by atoms with van der Waals surface area (Å²) in [6, 6.07) is 9.68. The second-order valence-electron chi connectivity index (χ2n) is 4.69. The predicted octanol–water partition coefficient (Wildman–Crippen LogP) is 4.42. The molecule has 116 valence electrons. The van der Waals surface area contributed by atoms with Gasteiger partial charge in [-0.15, -0.1) is 0 Å². The molecule has 0 saturated carbocycles. The Balaban J connectivity index is 2.30. The molecule has 0 amide bonds. The van der Waals surface area contributed by atoms with Gasteiger partial charge in [-0.25, -0.2) is 12.8 Å². The van der Waals surface area contributed by atoms with Crippen molar-refractivity contribution in [3.63, 3.8) is 0 Å². The van der Waals surface area contributed by atoms with Crippen LogP contribution in [0.5, 0.6) is 0 Å². The number of sulfone groups is 1. The van der Waals surface area contributed by atoms with E-state index in [2.05, 4.69) is 0 Å². The zero-order valence-corrected chi connectivity index (χ0v) is 13.6. The molecule has 0 atom stereocenters. The van der Waals surface area contributed by atoms with Crippen molar-refractivity contribution >= 4 is 44.4 Å². The van der Waals surface area contributed by atoms with E-state index in [1.54, 1.807) is 18.2 Å². The van der Waals surface area contributed by atoms with Crippen LogP contribution in [0.15, 0.2) is 52.4 Å². The summed E-state index contributed by atoms with van der Waals surface area (Å²) < 4.78 is 38.2. The molecule has 0 aliphatic carbocycles. The number of hydrogen-bond donors (Lipinski definition) is 0. The Bertz CT molecular complexity index is 997. The summed E-state index contributed by atoms with van der Waals surface area (Å²) in [5.41, 5.74) is 0.721. The Morgan fingerprint density at radius 3 is 2.48 bits per heavy atom. The van der Waals surface area contributed by atoms with Crippen LogP contribution in [0.3, 0.4) is 0 Å². The van der Waals surface area contributed by atoms with Crippen LogP contribution in [0.2, 0.25) is 10.0 Å².